The molecule has 0 saturated heterocycles. The Bertz CT molecular complexity index is 804. The van der Waals surface area contributed by atoms with Gasteiger partial charge in [-0.25, -0.2) is 4.98 Å². The second kappa shape index (κ2) is 9.08. The minimum Gasteiger partial charge on any atom is -0.362 e. The monoisotopic (exact) mass is 442 g/mol. The maximum Gasteiger partial charge on any atom is 0.225 e. The number of rotatable bonds is 5. The first-order valence-corrected chi connectivity index (χ1v) is 12.9. The van der Waals surface area contributed by atoms with Crippen LogP contribution in [0.1, 0.15) is 75.5 Å². The molecule has 1 aromatic heterocycles. The summed E-state index contributed by atoms with van der Waals surface area (Å²) in [6.07, 6.45) is 14.8. The fourth-order valence-electron chi connectivity index (χ4n) is 6.39. The smallest absolute Gasteiger partial charge is 0.225 e. The summed E-state index contributed by atoms with van der Waals surface area (Å²) < 4.78 is 0. The summed E-state index contributed by atoms with van der Waals surface area (Å²) in [5.74, 6) is 3.72. The zero-order valence-corrected chi connectivity index (χ0v) is 19.9. The van der Waals surface area contributed by atoms with Crippen LogP contribution in [0, 0.1) is 11.8 Å². The normalized spacial score (nSPS) is 31.7. The lowest BCUT2D eigenvalue weighted by molar-refractivity contribution is 0.369. The van der Waals surface area contributed by atoms with Crippen LogP contribution in [0.25, 0.3) is 0 Å². The quantitative estimate of drug-likeness (QED) is 0.600. The lowest BCUT2D eigenvalue weighted by Gasteiger charge is -2.32. The van der Waals surface area contributed by atoms with E-state index in [0.717, 1.165) is 67.2 Å². The molecule has 0 aliphatic heterocycles. The first-order valence-electron chi connectivity index (χ1n) is 12.5. The van der Waals surface area contributed by atoms with Crippen molar-refractivity contribution < 1.29 is 0 Å². The molecule has 0 amide bonds. The van der Waals surface area contributed by atoms with Gasteiger partial charge in [0.15, 0.2) is 5.11 Å². The van der Waals surface area contributed by atoms with E-state index in [0.29, 0.717) is 18.1 Å². The molecule has 2 bridgehead atoms. The van der Waals surface area contributed by atoms with Crippen LogP contribution in [0.15, 0.2) is 0 Å². The number of aromatic nitrogens is 2. The maximum absolute atomic E-state index is 5.65. The molecular weight excluding hydrogens is 404 g/mol. The molecule has 0 spiro atoms. The van der Waals surface area contributed by atoms with E-state index in [-0.39, 0.29) is 0 Å². The highest BCUT2D eigenvalue weighted by Crippen LogP contribution is 2.44. The predicted molar refractivity (Wildman–Crippen MR) is 131 cm³/mol. The van der Waals surface area contributed by atoms with Gasteiger partial charge in [0.25, 0.3) is 0 Å². The molecule has 6 nitrogen and oxygen atoms in total. The second-order valence-corrected chi connectivity index (χ2v) is 10.9. The Balaban J connectivity index is 1.12. The molecule has 170 valence electrons. The van der Waals surface area contributed by atoms with Gasteiger partial charge in [0, 0.05) is 37.8 Å². The van der Waals surface area contributed by atoms with Crippen molar-refractivity contribution in [1.29, 1.82) is 0 Å². The van der Waals surface area contributed by atoms with Crippen molar-refractivity contribution in [1.82, 2.24) is 20.6 Å². The Labute approximate surface area is 192 Å². The van der Waals surface area contributed by atoms with Gasteiger partial charge in [-0.2, -0.15) is 4.98 Å². The minimum atomic E-state index is 0.446. The van der Waals surface area contributed by atoms with Crippen LogP contribution >= 0.6 is 12.2 Å². The van der Waals surface area contributed by atoms with E-state index in [4.69, 9.17) is 22.2 Å². The molecular formula is C24H38N6S. The van der Waals surface area contributed by atoms with E-state index in [1.807, 2.05) is 0 Å². The summed E-state index contributed by atoms with van der Waals surface area (Å²) in [6, 6.07) is 1.55. The van der Waals surface area contributed by atoms with Gasteiger partial charge in [0.05, 0.1) is 5.69 Å². The van der Waals surface area contributed by atoms with Crippen molar-refractivity contribution in [2.75, 3.05) is 24.3 Å². The van der Waals surface area contributed by atoms with E-state index in [1.54, 1.807) is 0 Å². The molecule has 3 atom stereocenters. The van der Waals surface area contributed by atoms with Crippen LogP contribution in [-0.4, -0.2) is 47.3 Å². The molecule has 1 aromatic rings. The Morgan fingerprint density at radius 2 is 1.68 bits per heavy atom. The number of fused-ring (bicyclic) bond motifs is 3. The predicted octanol–water partition coefficient (Wildman–Crippen LogP) is 3.80. The lowest BCUT2D eigenvalue weighted by atomic mass is 9.91. The molecule has 4 aliphatic rings. The van der Waals surface area contributed by atoms with Crippen molar-refractivity contribution in [3.8, 4) is 0 Å². The largest absolute Gasteiger partial charge is 0.362 e. The van der Waals surface area contributed by atoms with Gasteiger partial charge in [-0.3, -0.25) is 0 Å². The van der Waals surface area contributed by atoms with E-state index >= 15 is 0 Å². The number of nitrogens with zero attached hydrogens (tertiary/aromatic N) is 3. The maximum atomic E-state index is 5.65. The highest BCUT2D eigenvalue weighted by molar-refractivity contribution is 7.80. The van der Waals surface area contributed by atoms with Gasteiger partial charge < -0.3 is 20.9 Å². The molecule has 1 heterocycles. The second-order valence-electron chi connectivity index (χ2n) is 10.5. The van der Waals surface area contributed by atoms with Gasteiger partial charge in [0.1, 0.15) is 5.82 Å². The fraction of sp³-hybridized carbons (Fsp3) is 0.792. The molecule has 3 unspecified atom stereocenters. The Kier molecular flexibility index (Phi) is 6.22. The third kappa shape index (κ3) is 4.76. The molecule has 4 aliphatic carbocycles. The lowest BCUT2D eigenvalue weighted by Crippen LogP contribution is -2.49. The highest BCUT2D eigenvalue weighted by atomic mass is 32.1. The van der Waals surface area contributed by atoms with E-state index in [1.165, 1.54) is 49.8 Å². The number of aryl methyl sites for hydroxylation is 1. The molecule has 5 rings (SSSR count). The summed E-state index contributed by atoms with van der Waals surface area (Å²) in [7, 11) is 4.18. The van der Waals surface area contributed by atoms with Crippen molar-refractivity contribution in [3.05, 3.63) is 11.3 Å². The first-order chi connectivity index (χ1) is 15.0. The van der Waals surface area contributed by atoms with Crippen molar-refractivity contribution in [2.24, 2.45) is 11.8 Å². The SMILES string of the molecule is CN(C)c1nc(N[C@H]2CC[C@@H](NC(=S)NC3CC4CCC3C4)CC2)nc2c1CCCC2. The van der Waals surface area contributed by atoms with E-state index in [9.17, 15) is 0 Å². The molecule has 7 heteroatoms. The van der Waals surface area contributed by atoms with Crippen molar-refractivity contribution >= 4 is 29.1 Å². The fourth-order valence-corrected chi connectivity index (χ4v) is 6.71. The number of thiocarbonyl (C=S) groups is 1. The van der Waals surface area contributed by atoms with Crippen LogP contribution < -0.4 is 20.9 Å². The number of hydrogen-bond donors (Lipinski definition) is 3. The van der Waals surface area contributed by atoms with Crippen LogP contribution in [-0.2, 0) is 12.8 Å². The topological polar surface area (TPSA) is 65.1 Å². The number of nitrogens with one attached hydrogen (secondary N) is 3. The average molecular weight is 443 g/mol. The summed E-state index contributed by atoms with van der Waals surface area (Å²) in [4.78, 5) is 11.9. The van der Waals surface area contributed by atoms with Crippen LogP contribution in [0.2, 0.25) is 0 Å². The third-order valence-electron chi connectivity index (χ3n) is 8.04. The van der Waals surface area contributed by atoms with Crippen molar-refractivity contribution in [2.45, 2.75) is 95.2 Å². The zero-order valence-electron chi connectivity index (χ0n) is 19.1. The van der Waals surface area contributed by atoms with Gasteiger partial charge in [-0.05, 0) is 94.7 Å². The summed E-state index contributed by atoms with van der Waals surface area (Å²) >= 11 is 5.65. The molecule has 0 aromatic carbocycles. The van der Waals surface area contributed by atoms with E-state index < -0.39 is 0 Å². The summed E-state index contributed by atoms with van der Waals surface area (Å²) in [5.41, 5.74) is 2.60. The third-order valence-corrected chi connectivity index (χ3v) is 8.27. The van der Waals surface area contributed by atoms with Crippen LogP contribution in [0.3, 0.4) is 0 Å². The Morgan fingerprint density at radius 1 is 0.903 bits per heavy atom. The van der Waals surface area contributed by atoms with Crippen LogP contribution in [0.5, 0.6) is 0 Å². The summed E-state index contributed by atoms with van der Waals surface area (Å²) in [6.45, 7) is 0. The molecule has 31 heavy (non-hydrogen) atoms. The number of anilines is 2. The van der Waals surface area contributed by atoms with Gasteiger partial charge in [-0.1, -0.05) is 6.42 Å². The first kappa shape index (κ1) is 21.2. The number of hydrogen-bond acceptors (Lipinski definition) is 5. The van der Waals surface area contributed by atoms with Gasteiger partial charge >= 0.3 is 0 Å². The average Bonchev–Trinajstić information content (AvgIpc) is 3.37. The highest BCUT2D eigenvalue weighted by Gasteiger charge is 2.39. The van der Waals surface area contributed by atoms with E-state index in [2.05, 4.69) is 34.9 Å². The van der Waals surface area contributed by atoms with Crippen molar-refractivity contribution in [3.63, 3.8) is 0 Å². The Morgan fingerprint density at radius 3 is 2.39 bits per heavy atom. The summed E-state index contributed by atoms with van der Waals surface area (Å²) in [5, 5.41) is 11.8. The molecule has 0 radical (unpaired) electrons. The van der Waals surface area contributed by atoms with Gasteiger partial charge in [-0.15, -0.1) is 0 Å². The molecule has 3 N–H and O–H groups in total. The van der Waals surface area contributed by atoms with Gasteiger partial charge in [0.2, 0.25) is 5.95 Å². The van der Waals surface area contributed by atoms with Crippen LogP contribution in [0.4, 0.5) is 11.8 Å². The Hall–Kier alpha value is -1.63. The standard InChI is InChI=1S/C24H38N6S/c1-30(2)22-19-5-3-4-6-20(19)27-23(29-22)25-17-9-11-18(12-10-17)26-24(31)28-21-14-15-7-8-16(21)13-15/h15-18,21H,3-14H2,1-2H3,(H,25,27,29)(H2,26,28,31)/t15?,16?,17-,18+,21?. The minimum absolute atomic E-state index is 0.446. The molecule has 3 saturated carbocycles. The molecule has 3 fully saturated rings. The zero-order chi connectivity index (χ0) is 21.4.